The van der Waals surface area contributed by atoms with Crippen LogP contribution >= 0.6 is 23.2 Å². The van der Waals surface area contributed by atoms with E-state index in [4.69, 9.17) is 23.2 Å². The predicted octanol–water partition coefficient (Wildman–Crippen LogP) is 4.06. The third kappa shape index (κ3) is 2.72. The number of nitrogens with zero attached hydrogens (tertiary/aromatic N) is 1. The van der Waals surface area contributed by atoms with E-state index in [1.807, 2.05) is 12.1 Å². The fourth-order valence-corrected chi connectivity index (χ4v) is 2.93. The van der Waals surface area contributed by atoms with Gasteiger partial charge in [0.05, 0.1) is 0 Å². The van der Waals surface area contributed by atoms with Crippen molar-refractivity contribution in [1.82, 2.24) is 10.2 Å². The third-order valence-corrected chi connectivity index (χ3v) is 4.07. The normalized spacial score (nSPS) is 14.6. The second-order valence-electron chi connectivity index (χ2n) is 4.83. The van der Waals surface area contributed by atoms with E-state index in [1.54, 1.807) is 6.07 Å². The van der Waals surface area contributed by atoms with Gasteiger partial charge in [-0.15, -0.1) is 0 Å². The van der Waals surface area contributed by atoms with Crippen LogP contribution < -0.4 is 5.32 Å². The van der Waals surface area contributed by atoms with Crippen LogP contribution in [0.15, 0.2) is 18.2 Å². The van der Waals surface area contributed by atoms with Crippen molar-refractivity contribution in [1.29, 1.82) is 0 Å². The number of nitrogens with one attached hydrogen (secondary N) is 2. The highest BCUT2D eigenvalue weighted by molar-refractivity contribution is 6.35. The Bertz CT molecular complexity index is 592. The summed E-state index contributed by atoms with van der Waals surface area (Å²) >= 11 is 12.1. The van der Waals surface area contributed by atoms with Crippen LogP contribution in [0.5, 0.6) is 0 Å². The summed E-state index contributed by atoms with van der Waals surface area (Å²) in [4.78, 5) is 0. The van der Waals surface area contributed by atoms with Gasteiger partial charge in [0.25, 0.3) is 0 Å². The molecule has 2 aromatic rings. The third-order valence-electron chi connectivity index (χ3n) is 3.48. The van der Waals surface area contributed by atoms with Gasteiger partial charge in [-0.2, -0.15) is 5.10 Å². The minimum atomic E-state index is 0.666. The second-order valence-corrected chi connectivity index (χ2v) is 5.67. The quantitative estimate of drug-likeness (QED) is 0.877. The zero-order valence-electron chi connectivity index (χ0n) is 10.5. The van der Waals surface area contributed by atoms with Crippen molar-refractivity contribution in [3.8, 4) is 0 Å². The topological polar surface area (TPSA) is 40.7 Å². The molecule has 1 aromatic heterocycles. The Kier molecular flexibility index (Phi) is 3.67. The van der Waals surface area contributed by atoms with Crippen LogP contribution in [0.2, 0.25) is 10.0 Å². The van der Waals surface area contributed by atoms with E-state index in [2.05, 4.69) is 15.5 Å². The molecule has 0 saturated heterocycles. The van der Waals surface area contributed by atoms with Crippen molar-refractivity contribution in [2.75, 3.05) is 11.9 Å². The monoisotopic (exact) mass is 295 g/mol. The van der Waals surface area contributed by atoms with Crippen LogP contribution in [0.3, 0.4) is 0 Å². The Hall–Kier alpha value is -1.19. The lowest BCUT2D eigenvalue weighted by Crippen LogP contribution is -1.99. The molecule has 0 radical (unpaired) electrons. The average Bonchev–Trinajstić information content (AvgIpc) is 2.61. The lowest BCUT2D eigenvalue weighted by Gasteiger charge is -2.05. The molecule has 0 spiro atoms. The summed E-state index contributed by atoms with van der Waals surface area (Å²) in [6, 6.07) is 5.63. The van der Waals surface area contributed by atoms with Gasteiger partial charge in [0, 0.05) is 34.3 Å². The second kappa shape index (κ2) is 5.43. The van der Waals surface area contributed by atoms with Crippen molar-refractivity contribution in [3.05, 3.63) is 45.1 Å². The molecule has 1 aliphatic heterocycles. The van der Waals surface area contributed by atoms with Gasteiger partial charge in [-0.25, -0.2) is 0 Å². The van der Waals surface area contributed by atoms with Crippen molar-refractivity contribution in [3.63, 3.8) is 0 Å². The van der Waals surface area contributed by atoms with Gasteiger partial charge < -0.3 is 5.32 Å². The summed E-state index contributed by atoms with van der Waals surface area (Å²) in [7, 11) is 0. The standard InChI is InChI=1S/C14H15Cl2N3/c15-10-5-4-9(12(16)8-10)7-13-11-3-1-2-6-17-14(11)19-18-13/h4-5,8H,1-3,6-7H2,(H2,17,18,19). The summed E-state index contributed by atoms with van der Waals surface area (Å²) in [6.07, 6.45) is 4.22. The molecule has 0 unspecified atom stereocenters. The number of halogens is 2. The highest BCUT2D eigenvalue weighted by Crippen LogP contribution is 2.27. The minimum Gasteiger partial charge on any atom is -0.368 e. The fraction of sp³-hybridized carbons (Fsp3) is 0.357. The van der Waals surface area contributed by atoms with Crippen LogP contribution in [0.1, 0.15) is 29.7 Å². The number of fused-ring (bicyclic) bond motifs is 1. The smallest absolute Gasteiger partial charge is 0.151 e. The molecule has 3 rings (SSSR count). The molecule has 2 N–H and O–H groups in total. The molecule has 0 amide bonds. The summed E-state index contributed by atoms with van der Waals surface area (Å²) in [5.41, 5.74) is 3.51. The van der Waals surface area contributed by atoms with E-state index >= 15 is 0 Å². The number of hydrogen-bond acceptors (Lipinski definition) is 2. The lowest BCUT2D eigenvalue weighted by molar-refractivity contribution is 0.775. The van der Waals surface area contributed by atoms with Gasteiger partial charge >= 0.3 is 0 Å². The number of rotatable bonds is 2. The number of H-pyrrole nitrogens is 1. The molecular weight excluding hydrogens is 281 g/mol. The summed E-state index contributed by atoms with van der Waals surface area (Å²) in [5, 5.41) is 12.2. The first-order chi connectivity index (χ1) is 9.24. The Balaban J connectivity index is 1.89. The van der Waals surface area contributed by atoms with E-state index in [0.29, 0.717) is 10.0 Å². The van der Waals surface area contributed by atoms with Gasteiger partial charge in [-0.1, -0.05) is 29.3 Å². The fourth-order valence-electron chi connectivity index (χ4n) is 2.45. The highest BCUT2D eigenvalue weighted by Gasteiger charge is 2.16. The van der Waals surface area contributed by atoms with Crippen LogP contribution in [-0.4, -0.2) is 16.7 Å². The van der Waals surface area contributed by atoms with Crippen LogP contribution in [0.25, 0.3) is 0 Å². The Labute approximate surface area is 122 Å². The number of aromatic nitrogens is 2. The first-order valence-electron chi connectivity index (χ1n) is 6.48. The molecule has 1 aliphatic rings. The van der Waals surface area contributed by atoms with Crippen molar-refractivity contribution in [2.45, 2.75) is 25.7 Å². The maximum Gasteiger partial charge on any atom is 0.151 e. The predicted molar refractivity (Wildman–Crippen MR) is 79.3 cm³/mol. The SMILES string of the molecule is Clc1ccc(Cc2[nH]nc3c2CCCCN3)c(Cl)c1. The van der Waals surface area contributed by atoms with E-state index in [9.17, 15) is 0 Å². The summed E-state index contributed by atoms with van der Waals surface area (Å²) in [5.74, 6) is 0.998. The number of aromatic amines is 1. The molecule has 0 saturated carbocycles. The lowest BCUT2D eigenvalue weighted by atomic mass is 10.0. The summed E-state index contributed by atoms with van der Waals surface area (Å²) < 4.78 is 0. The molecular formula is C14H15Cl2N3. The van der Waals surface area contributed by atoms with Crippen molar-refractivity contribution < 1.29 is 0 Å². The van der Waals surface area contributed by atoms with E-state index in [-0.39, 0.29) is 0 Å². The maximum atomic E-state index is 6.23. The van der Waals surface area contributed by atoms with Gasteiger partial charge in [0.2, 0.25) is 0 Å². The molecule has 3 nitrogen and oxygen atoms in total. The molecule has 0 bridgehead atoms. The maximum absolute atomic E-state index is 6.23. The first-order valence-corrected chi connectivity index (χ1v) is 7.23. The molecule has 5 heteroatoms. The minimum absolute atomic E-state index is 0.666. The van der Waals surface area contributed by atoms with Crippen molar-refractivity contribution in [2.24, 2.45) is 0 Å². The highest BCUT2D eigenvalue weighted by atomic mass is 35.5. The van der Waals surface area contributed by atoms with Crippen LogP contribution in [0, 0.1) is 0 Å². The zero-order valence-corrected chi connectivity index (χ0v) is 12.0. The van der Waals surface area contributed by atoms with Crippen LogP contribution in [0.4, 0.5) is 5.82 Å². The molecule has 2 heterocycles. The Morgan fingerprint density at radius 2 is 2.11 bits per heavy atom. The number of hydrogen-bond donors (Lipinski definition) is 2. The number of anilines is 1. The zero-order chi connectivity index (χ0) is 13.2. The molecule has 1 aromatic carbocycles. The van der Waals surface area contributed by atoms with Gasteiger partial charge in [-0.05, 0) is 37.0 Å². The molecule has 19 heavy (non-hydrogen) atoms. The summed E-state index contributed by atoms with van der Waals surface area (Å²) in [6.45, 7) is 0.999. The molecule has 0 aliphatic carbocycles. The average molecular weight is 296 g/mol. The molecule has 0 fully saturated rings. The van der Waals surface area contributed by atoms with E-state index in [1.165, 1.54) is 18.4 Å². The largest absolute Gasteiger partial charge is 0.368 e. The van der Waals surface area contributed by atoms with E-state index < -0.39 is 0 Å². The van der Waals surface area contributed by atoms with Gasteiger partial charge in [-0.3, -0.25) is 5.10 Å². The van der Waals surface area contributed by atoms with Crippen LogP contribution in [-0.2, 0) is 12.8 Å². The van der Waals surface area contributed by atoms with E-state index in [0.717, 1.165) is 36.5 Å². The first kappa shape index (κ1) is 12.8. The molecule has 100 valence electrons. The van der Waals surface area contributed by atoms with Gasteiger partial charge in [0.1, 0.15) is 0 Å². The Morgan fingerprint density at radius 3 is 2.95 bits per heavy atom. The number of benzene rings is 1. The Morgan fingerprint density at radius 1 is 1.21 bits per heavy atom. The molecule has 0 atom stereocenters. The van der Waals surface area contributed by atoms with Crippen molar-refractivity contribution >= 4 is 29.0 Å². The van der Waals surface area contributed by atoms with Gasteiger partial charge in [0.15, 0.2) is 5.82 Å².